The van der Waals surface area contributed by atoms with E-state index in [9.17, 15) is 0 Å². The van der Waals surface area contributed by atoms with Crippen LogP contribution < -0.4 is 4.90 Å². The zero-order valence-corrected chi connectivity index (χ0v) is 17.8. The Hall–Kier alpha value is -2.35. The summed E-state index contributed by atoms with van der Waals surface area (Å²) in [5, 5.41) is 0. The van der Waals surface area contributed by atoms with Gasteiger partial charge < -0.3 is 4.90 Å². The Morgan fingerprint density at radius 1 is 0.769 bits per heavy atom. The van der Waals surface area contributed by atoms with E-state index in [2.05, 4.69) is 97.7 Å². The van der Waals surface area contributed by atoms with Crippen molar-refractivity contribution >= 4 is 17.1 Å². The predicted molar refractivity (Wildman–Crippen MR) is 116 cm³/mol. The van der Waals surface area contributed by atoms with Crippen molar-refractivity contribution in [3.63, 3.8) is 0 Å². The van der Waals surface area contributed by atoms with E-state index in [0.29, 0.717) is 0 Å². The van der Waals surface area contributed by atoms with Crippen LogP contribution in [0.2, 0.25) is 0 Å². The molecule has 138 valence electrons. The lowest BCUT2D eigenvalue weighted by Gasteiger charge is -2.25. The lowest BCUT2D eigenvalue weighted by molar-refractivity contribution is 1.06. The lowest BCUT2D eigenvalue weighted by Crippen LogP contribution is -2.17. The van der Waals surface area contributed by atoms with Gasteiger partial charge in [-0.3, -0.25) is 4.99 Å². The maximum Gasteiger partial charge on any atom is 0.0691 e. The Kier molecular flexibility index (Phi) is 6.07. The summed E-state index contributed by atoms with van der Waals surface area (Å²) >= 11 is 0. The van der Waals surface area contributed by atoms with Gasteiger partial charge >= 0.3 is 0 Å². The first-order valence-electron chi connectivity index (χ1n) is 9.23. The number of rotatable bonds is 4. The number of aliphatic imine (C=N–C) groups is 1. The van der Waals surface area contributed by atoms with Crippen LogP contribution in [0.25, 0.3) is 0 Å². The molecular weight excluding hydrogens is 316 g/mol. The summed E-state index contributed by atoms with van der Waals surface area (Å²) in [5.41, 5.74) is 12.2. The first kappa shape index (κ1) is 20.0. The van der Waals surface area contributed by atoms with Crippen LogP contribution >= 0.6 is 0 Å². The first-order chi connectivity index (χ1) is 12.1. The van der Waals surface area contributed by atoms with Crippen molar-refractivity contribution in [3.05, 3.63) is 69.4 Å². The molecule has 0 amide bonds. The molecule has 2 aromatic carbocycles. The van der Waals surface area contributed by atoms with Gasteiger partial charge in [-0.1, -0.05) is 35.4 Å². The quantitative estimate of drug-likeness (QED) is 0.563. The van der Waals surface area contributed by atoms with Crippen LogP contribution in [0.5, 0.6) is 0 Å². The molecule has 0 radical (unpaired) electrons. The second-order valence-corrected chi connectivity index (χ2v) is 7.59. The minimum atomic E-state index is 1.02. The molecule has 0 N–H and O–H groups in total. The zero-order chi connectivity index (χ0) is 19.6. The largest absolute Gasteiger partial charge is 0.348 e. The van der Waals surface area contributed by atoms with Gasteiger partial charge in [0, 0.05) is 24.1 Å². The standard InChI is InChI=1S/C24H32N2/c1-15-10-17(3)23(18(4)11-15)25-21(7)14-22(8)26(9)24-19(5)12-16(2)13-20(24)6/h10-14H,1-9H3/b22-14-,25-21?. The monoisotopic (exact) mass is 348 g/mol. The number of hydrogen-bond donors (Lipinski definition) is 0. The minimum Gasteiger partial charge on any atom is -0.348 e. The van der Waals surface area contributed by atoms with Gasteiger partial charge in [-0.2, -0.15) is 0 Å². The molecule has 0 heterocycles. The minimum absolute atomic E-state index is 1.02. The van der Waals surface area contributed by atoms with Gasteiger partial charge in [0.25, 0.3) is 0 Å². The molecule has 2 aromatic rings. The molecule has 0 aliphatic rings. The summed E-state index contributed by atoms with van der Waals surface area (Å²) in [7, 11) is 2.13. The summed E-state index contributed by atoms with van der Waals surface area (Å²) < 4.78 is 0. The maximum atomic E-state index is 4.89. The highest BCUT2D eigenvalue weighted by atomic mass is 15.1. The molecule has 0 spiro atoms. The average molecular weight is 349 g/mol. The van der Waals surface area contributed by atoms with Gasteiger partial charge in [0.1, 0.15) is 0 Å². The molecule has 2 rings (SSSR count). The average Bonchev–Trinajstić information content (AvgIpc) is 2.49. The topological polar surface area (TPSA) is 15.6 Å². The molecular formula is C24H32N2. The summed E-state index contributed by atoms with van der Waals surface area (Å²) in [6, 6.07) is 8.87. The highest BCUT2D eigenvalue weighted by Crippen LogP contribution is 2.28. The van der Waals surface area contributed by atoms with Gasteiger partial charge in [0.2, 0.25) is 0 Å². The van der Waals surface area contributed by atoms with Crippen LogP contribution in [0, 0.1) is 41.5 Å². The summed E-state index contributed by atoms with van der Waals surface area (Å²) in [6.07, 6.45) is 2.16. The molecule has 0 unspecified atom stereocenters. The van der Waals surface area contributed by atoms with Crippen LogP contribution in [0.1, 0.15) is 47.2 Å². The van der Waals surface area contributed by atoms with Gasteiger partial charge in [0.15, 0.2) is 0 Å². The highest BCUT2D eigenvalue weighted by molar-refractivity contribution is 5.96. The maximum absolute atomic E-state index is 4.89. The Morgan fingerprint density at radius 2 is 1.19 bits per heavy atom. The smallest absolute Gasteiger partial charge is 0.0691 e. The van der Waals surface area contributed by atoms with Gasteiger partial charge in [-0.05, 0) is 83.7 Å². The number of allylic oxidation sites excluding steroid dienone is 2. The van der Waals surface area contributed by atoms with Gasteiger partial charge in [-0.25, -0.2) is 0 Å². The lowest BCUT2D eigenvalue weighted by atomic mass is 10.0. The van der Waals surface area contributed by atoms with Crippen molar-refractivity contribution in [2.75, 3.05) is 11.9 Å². The zero-order valence-electron chi connectivity index (χ0n) is 17.8. The Bertz CT molecular complexity index is 839. The van der Waals surface area contributed by atoms with E-state index in [1.54, 1.807) is 0 Å². The molecule has 0 fully saturated rings. The highest BCUT2D eigenvalue weighted by Gasteiger charge is 2.11. The molecule has 0 aromatic heterocycles. The van der Waals surface area contributed by atoms with Crippen LogP contribution in [-0.4, -0.2) is 12.8 Å². The van der Waals surface area contributed by atoms with Crippen LogP contribution in [0.15, 0.2) is 41.0 Å². The molecule has 0 saturated carbocycles. The molecule has 0 aliphatic heterocycles. The normalized spacial score (nSPS) is 12.5. The van der Waals surface area contributed by atoms with E-state index >= 15 is 0 Å². The third-order valence-electron chi connectivity index (χ3n) is 4.84. The van der Waals surface area contributed by atoms with Gasteiger partial charge in [-0.15, -0.1) is 0 Å². The summed E-state index contributed by atoms with van der Waals surface area (Å²) in [4.78, 5) is 7.15. The second-order valence-electron chi connectivity index (χ2n) is 7.59. The Labute approximate surface area is 159 Å². The number of aryl methyl sites for hydroxylation is 6. The van der Waals surface area contributed by atoms with E-state index in [1.807, 2.05) is 0 Å². The van der Waals surface area contributed by atoms with E-state index in [1.165, 1.54) is 44.8 Å². The van der Waals surface area contributed by atoms with Crippen molar-refractivity contribution < 1.29 is 0 Å². The molecule has 26 heavy (non-hydrogen) atoms. The predicted octanol–water partition coefficient (Wildman–Crippen LogP) is 6.67. The van der Waals surface area contributed by atoms with Crippen LogP contribution in [0.3, 0.4) is 0 Å². The SMILES string of the molecule is CC(/C=C(/C)N(C)c1c(C)cc(C)cc1C)=Nc1c(C)cc(C)cc1C. The van der Waals surface area contributed by atoms with Crippen molar-refractivity contribution in [3.8, 4) is 0 Å². The van der Waals surface area contributed by atoms with Crippen molar-refractivity contribution in [1.29, 1.82) is 0 Å². The molecule has 0 bridgehead atoms. The van der Waals surface area contributed by atoms with Crippen LogP contribution in [-0.2, 0) is 0 Å². The fourth-order valence-corrected chi connectivity index (χ4v) is 3.83. The fourth-order valence-electron chi connectivity index (χ4n) is 3.83. The Morgan fingerprint density at radius 3 is 1.65 bits per heavy atom. The molecule has 0 saturated heterocycles. The molecule has 2 heteroatoms. The molecule has 0 atom stereocenters. The number of benzene rings is 2. The van der Waals surface area contributed by atoms with E-state index in [4.69, 9.17) is 4.99 Å². The first-order valence-corrected chi connectivity index (χ1v) is 9.23. The number of nitrogens with zero attached hydrogens (tertiary/aromatic N) is 2. The van der Waals surface area contributed by atoms with E-state index < -0.39 is 0 Å². The summed E-state index contributed by atoms with van der Waals surface area (Å²) in [5.74, 6) is 0. The second kappa shape index (κ2) is 7.90. The van der Waals surface area contributed by atoms with Crippen molar-refractivity contribution in [2.24, 2.45) is 4.99 Å². The molecule has 0 aliphatic carbocycles. The third-order valence-corrected chi connectivity index (χ3v) is 4.84. The van der Waals surface area contributed by atoms with Crippen molar-refractivity contribution in [2.45, 2.75) is 55.4 Å². The van der Waals surface area contributed by atoms with Crippen LogP contribution in [0.4, 0.5) is 11.4 Å². The van der Waals surface area contributed by atoms with E-state index in [-0.39, 0.29) is 0 Å². The van der Waals surface area contributed by atoms with E-state index in [0.717, 1.165) is 11.4 Å². The molecule has 2 nitrogen and oxygen atoms in total. The third kappa shape index (κ3) is 4.43. The van der Waals surface area contributed by atoms with Gasteiger partial charge in [0.05, 0.1) is 5.69 Å². The number of anilines is 1. The number of hydrogen-bond acceptors (Lipinski definition) is 2. The summed E-state index contributed by atoms with van der Waals surface area (Å²) in [6.45, 7) is 17.1. The Balaban J connectivity index is 2.37. The fraction of sp³-hybridized carbons (Fsp3) is 0.375. The van der Waals surface area contributed by atoms with Crippen molar-refractivity contribution in [1.82, 2.24) is 0 Å².